The van der Waals surface area contributed by atoms with Crippen LogP contribution in [0.2, 0.25) is 0 Å². The molecule has 1 aromatic carbocycles. The molecule has 1 atom stereocenters. The first-order valence-corrected chi connectivity index (χ1v) is 11.7. The highest BCUT2D eigenvalue weighted by Gasteiger charge is 2.37. The fourth-order valence-corrected chi connectivity index (χ4v) is 4.46. The van der Waals surface area contributed by atoms with Crippen LogP contribution in [0, 0.1) is 5.82 Å². The molecule has 0 amide bonds. The molecule has 1 N–H and O–H groups in total. The average Bonchev–Trinajstić information content (AvgIpc) is 3.22. The van der Waals surface area contributed by atoms with Crippen molar-refractivity contribution < 1.29 is 28.2 Å². The van der Waals surface area contributed by atoms with E-state index in [0.29, 0.717) is 60.7 Å². The molecule has 2 aromatic heterocycles. The maximum Gasteiger partial charge on any atom is 0.354 e. The number of benzene rings is 1. The van der Waals surface area contributed by atoms with Gasteiger partial charge in [0.05, 0.1) is 48.8 Å². The van der Waals surface area contributed by atoms with Crippen LogP contribution in [0.3, 0.4) is 0 Å². The number of carboxylic acid groups (broad SMARTS) is 1. The maximum absolute atomic E-state index is 15.8. The summed E-state index contributed by atoms with van der Waals surface area (Å²) in [4.78, 5) is 18.2. The number of ether oxygens (including phenoxy) is 2. The summed E-state index contributed by atoms with van der Waals surface area (Å²) in [6.07, 6.45) is 0.932. The Bertz CT molecular complexity index is 1200. The van der Waals surface area contributed by atoms with Crippen molar-refractivity contribution in [3.63, 3.8) is 0 Å². The van der Waals surface area contributed by atoms with E-state index in [2.05, 4.69) is 4.98 Å². The van der Waals surface area contributed by atoms with Crippen LogP contribution >= 0.6 is 0 Å². The van der Waals surface area contributed by atoms with Crippen molar-refractivity contribution in [2.75, 3.05) is 44.9 Å². The third-order valence-electron chi connectivity index (χ3n) is 6.14. The van der Waals surface area contributed by atoms with Gasteiger partial charge >= 0.3 is 5.97 Å². The summed E-state index contributed by atoms with van der Waals surface area (Å²) in [5.41, 5.74) is 0.405. The smallest absolute Gasteiger partial charge is 0.354 e. The molecule has 0 spiro atoms. The lowest BCUT2D eigenvalue weighted by molar-refractivity contribution is -0.0109. The van der Waals surface area contributed by atoms with Gasteiger partial charge in [0, 0.05) is 13.7 Å². The van der Waals surface area contributed by atoms with Gasteiger partial charge in [0.15, 0.2) is 17.0 Å². The van der Waals surface area contributed by atoms with E-state index in [0.717, 1.165) is 0 Å². The number of carboxylic acids is 1. The molecule has 0 bridgehead atoms. The molecule has 0 saturated carbocycles. The van der Waals surface area contributed by atoms with Gasteiger partial charge in [0.2, 0.25) is 0 Å². The van der Waals surface area contributed by atoms with E-state index in [9.17, 15) is 14.3 Å². The number of carbonyl (C=O) groups is 1. The first-order valence-electron chi connectivity index (χ1n) is 11.7. The highest BCUT2D eigenvalue weighted by molar-refractivity contribution is 5.98. The van der Waals surface area contributed by atoms with Gasteiger partial charge in [-0.2, -0.15) is 5.10 Å². The number of piperidine rings is 1. The lowest BCUT2D eigenvalue weighted by Gasteiger charge is -2.39. The maximum atomic E-state index is 15.8. The topological polar surface area (TPSA) is 89.7 Å². The summed E-state index contributed by atoms with van der Waals surface area (Å²) < 4.78 is 41.3. The molecule has 1 aliphatic rings. The quantitative estimate of drug-likeness (QED) is 0.448. The Morgan fingerprint density at radius 1 is 1.26 bits per heavy atom. The minimum Gasteiger partial charge on any atom is -0.477 e. The molecule has 0 aliphatic carbocycles. The predicted molar refractivity (Wildman–Crippen MR) is 128 cm³/mol. The zero-order chi connectivity index (χ0) is 25.2. The van der Waals surface area contributed by atoms with Crippen molar-refractivity contribution in [1.82, 2.24) is 14.8 Å². The predicted octanol–water partition coefficient (Wildman–Crippen LogP) is 4.35. The van der Waals surface area contributed by atoms with Crippen molar-refractivity contribution in [3.05, 3.63) is 47.5 Å². The molecule has 4 rings (SSSR count). The molecule has 35 heavy (non-hydrogen) atoms. The van der Waals surface area contributed by atoms with Crippen molar-refractivity contribution in [2.45, 2.75) is 38.3 Å². The summed E-state index contributed by atoms with van der Waals surface area (Å²) in [5, 5.41) is 15.2. The van der Waals surface area contributed by atoms with Crippen LogP contribution in [0.1, 0.15) is 48.8 Å². The zero-order valence-corrected chi connectivity index (χ0v) is 20.1. The van der Waals surface area contributed by atoms with Crippen LogP contribution in [0.5, 0.6) is 0 Å². The van der Waals surface area contributed by atoms with Gasteiger partial charge in [-0.15, -0.1) is 0 Å². The fourth-order valence-electron chi connectivity index (χ4n) is 4.46. The number of anilines is 1. The minimum absolute atomic E-state index is 0.0206. The third-order valence-corrected chi connectivity index (χ3v) is 6.14. The Hall–Kier alpha value is -3.11. The molecule has 10 heteroatoms. The number of halogens is 2. The van der Waals surface area contributed by atoms with E-state index in [-0.39, 0.29) is 24.8 Å². The zero-order valence-electron chi connectivity index (χ0n) is 20.1. The van der Waals surface area contributed by atoms with Crippen LogP contribution in [0.15, 0.2) is 30.3 Å². The second-order valence-corrected chi connectivity index (χ2v) is 9.18. The van der Waals surface area contributed by atoms with Crippen molar-refractivity contribution in [2.24, 2.45) is 0 Å². The first-order chi connectivity index (χ1) is 16.7. The Labute approximate surface area is 202 Å². The normalized spacial score (nSPS) is 18.5. The van der Waals surface area contributed by atoms with Crippen LogP contribution in [-0.2, 0) is 9.47 Å². The molecule has 3 heterocycles. The number of aromatic carboxylic acids is 1. The SMILES string of the molecule is COCCOCC1(F)CCCN(c2cc(C(=O)O)nc3c2c(C(C)C)nn3-c2ccc(F)cc2)C1. The number of aromatic nitrogens is 3. The summed E-state index contributed by atoms with van der Waals surface area (Å²) in [6.45, 7) is 5.17. The van der Waals surface area contributed by atoms with Crippen LogP contribution in [-0.4, -0.2) is 71.5 Å². The average molecular weight is 489 g/mol. The molecule has 1 fully saturated rings. The number of rotatable bonds is 9. The molecule has 1 saturated heterocycles. The van der Waals surface area contributed by atoms with Crippen molar-refractivity contribution in [1.29, 1.82) is 0 Å². The van der Waals surface area contributed by atoms with E-state index in [1.165, 1.54) is 22.9 Å². The molecule has 8 nitrogen and oxygen atoms in total. The van der Waals surface area contributed by atoms with Gasteiger partial charge in [0.25, 0.3) is 0 Å². The molecule has 188 valence electrons. The second-order valence-electron chi connectivity index (χ2n) is 9.18. The molecule has 3 aromatic rings. The molecular weight excluding hydrogens is 458 g/mol. The summed E-state index contributed by atoms with van der Waals surface area (Å²) in [7, 11) is 1.56. The highest BCUT2D eigenvalue weighted by Crippen LogP contribution is 2.38. The number of nitrogens with zero attached hydrogens (tertiary/aromatic N) is 4. The number of methoxy groups -OCH3 is 1. The Morgan fingerprint density at radius 3 is 2.66 bits per heavy atom. The third kappa shape index (κ3) is 5.28. The fraction of sp³-hybridized carbons (Fsp3) is 0.480. The standard InChI is InChI=1S/C25H30F2N4O4/c1-16(2)22-21-20(30-10-4-9-25(27,14-30)15-35-12-11-34-3)13-19(24(32)33)28-23(21)31(29-22)18-7-5-17(26)6-8-18/h5-8,13,16H,4,9-12,14-15H2,1-3H3,(H,32,33). The Morgan fingerprint density at radius 2 is 2.00 bits per heavy atom. The summed E-state index contributed by atoms with van der Waals surface area (Å²) in [6, 6.07) is 7.23. The van der Waals surface area contributed by atoms with Gasteiger partial charge in [-0.05, 0) is 49.1 Å². The molecular formula is C25H30F2N4O4. The van der Waals surface area contributed by atoms with E-state index >= 15 is 4.39 Å². The van der Waals surface area contributed by atoms with Crippen molar-refractivity contribution >= 4 is 22.7 Å². The van der Waals surface area contributed by atoms with E-state index < -0.39 is 17.5 Å². The van der Waals surface area contributed by atoms with Gasteiger partial charge in [-0.25, -0.2) is 23.2 Å². The first kappa shape index (κ1) is 25.0. The van der Waals surface area contributed by atoms with Gasteiger partial charge < -0.3 is 19.5 Å². The van der Waals surface area contributed by atoms with Crippen molar-refractivity contribution in [3.8, 4) is 5.69 Å². The van der Waals surface area contributed by atoms with E-state index in [1.807, 2.05) is 18.7 Å². The highest BCUT2D eigenvalue weighted by atomic mass is 19.1. The van der Waals surface area contributed by atoms with E-state index in [1.54, 1.807) is 19.2 Å². The Balaban J connectivity index is 1.82. The van der Waals surface area contributed by atoms with Crippen LogP contribution in [0.4, 0.5) is 14.5 Å². The second kappa shape index (κ2) is 10.2. The number of hydrogen-bond donors (Lipinski definition) is 1. The number of hydrogen-bond acceptors (Lipinski definition) is 6. The number of fused-ring (bicyclic) bond motifs is 1. The lowest BCUT2D eigenvalue weighted by Crippen LogP contribution is -2.48. The van der Waals surface area contributed by atoms with Gasteiger partial charge in [0.1, 0.15) is 5.82 Å². The van der Waals surface area contributed by atoms with Crippen LogP contribution < -0.4 is 4.90 Å². The minimum atomic E-state index is -1.59. The Kier molecular flexibility index (Phi) is 7.32. The molecule has 0 radical (unpaired) electrons. The lowest BCUT2D eigenvalue weighted by atomic mass is 9.94. The van der Waals surface area contributed by atoms with Gasteiger partial charge in [-0.1, -0.05) is 13.8 Å². The monoisotopic (exact) mass is 488 g/mol. The van der Waals surface area contributed by atoms with Gasteiger partial charge in [-0.3, -0.25) is 0 Å². The number of pyridine rings is 1. The molecule has 1 unspecified atom stereocenters. The largest absolute Gasteiger partial charge is 0.477 e. The van der Waals surface area contributed by atoms with E-state index in [4.69, 9.17) is 14.6 Å². The molecule has 1 aliphatic heterocycles. The number of alkyl halides is 1. The van der Waals surface area contributed by atoms with Crippen LogP contribution in [0.25, 0.3) is 16.7 Å². The summed E-state index contributed by atoms with van der Waals surface area (Å²) in [5.74, 6) is -1.61. The summed E-state index contributed by atoms with van der Waals surface area (Å²) >= 11 is 0.